The highest BCUT2D eigenvalue weighted by Crippen LogP contribution is 2.35. The standard InChI is InChI=1S/C13H9Cl2NO/c14-12-6-10(16)5-11(13(12)15)9-3-1-2-8(4-9)7-17/h1-7H,16H2. The van der Waals surface area contributed by atoms with Crippen molar-refractivity contribution in [1.29, 1.82) is 0 Å². The van der Waals surface area contributed by atoms with E-state index in [1.807, 2.05) is 6.07 Å². The Bertz CT molecular complexity index is 582. The maximum absolute atomic E-state index is 10.7. The van der Waals surface area contributed by atoms with Gasteiger partial charge in [0.15, 0.2) is 0 Å². The Balaban J connectivity index is 2.63. The monoisotopic (exact) mass is 265 g/mol. The van der Waals surface area contributed by atoms with Crippen molar-refractivity contribution in [2.75, 3.05) is 5.73 Å². The molecule has 2 nitrogen and oxygen atoms in total. The number of nitrogen functional groups attached to an aromatic ring is 1. The highest BCUT2D eigenvalue weighted by Gasteiger charge is 2.09. The third-order valence-corrected chi connectivity index (χ3v) is 3.19. The third-order valence-electron chi connectivity index (χ3n) is 2.38. The Morgan fingerprint density at radius 3 is 2.59 bits per heavy atom. The Labute approximate surface area is 109 Å². The first-order valence-corrected chi connectivity index (χ1v) is 5.67. The van der Waals surface area contributed by atoms with Crippen molar-refractivity contribution in [2.45, 2.75) is 0 Å². The summed E-state index contributed by atoms with van der Waals surface area (Å²) in [6.45, 7) is 0. The lowest BCUT2D eigenvalue weighted by Crippen LogP contribution is -1.89. The number of anilines is 1. The van der Waals surface area contributed by atoms with E-state index in [1.165, 1.54) is 0 Å². The van der Waals surface area contributed by atoms with Crippen molar-refractivity contribution in [1.82, 2.24) is 0 Å². The molecule has 0 bridgehead atoms. The molecule has 2 aromatic carbocycles. The fourth-order valence-electron chi connectivity index (χ4n) is 1.60. The van der Waals surface area contributed by atoms with Crippen LogP contribution in [0.2, 0.25) is 10.0 Å². The molecule has 2 rings (SSSR count). The first-order chi connectivity index (χ1) is 8.11. The molecule has 0 amide bonds. The van der Waals surface area contributed by atoms with Crippen molar-refractivity contribution in [2.24, 2.45) is 0 Å². The van der Waals surface area contributed by atoms with Crippen LogP contribution in [0.1, 0.15) is 10.4 Å². The van der Waals surface area contributed by atoms with Crippen LogP contribution < -0.4 is 5.73 Å². The number of carbonyl (C=O) groups excluding carboxylic acids is 1. The van der Waals surface area contributed by atoms with Crippen molar-refractivity contribution in [3.8, 4) is 11.1 Å². The predicted molar refractivity (Wildman–Crippen MR) is 71.7 cm³/mol. The molecule has 0 saturated heterocycles. The molecule has 2 N–H and O–H groups in total. The summed E-state index contributed by atoms with van der Waals surface area (Å²) in [5, 5.41) is 0.835. The predicted octanol–water partition coefficient (Wildman–Crippen LogP) is 4.06. The lowest BCUT2D eigenvalue weighted by atomic mass is 10.0. The lowest BCUT2D eigenvalue weighted by Gasteiger charge is -2.08. The highest BCUT2D eigenvalue weighted by molar-refractivity contribution is 6.44. The molecule has 0 unspecified atom stereocenters. The van der Waals surface area contributed by atoms with Gasteiger partial charge >= 0.3 is 0 Å². The molecule has 0 aliphatic carbocycles. The second-order valence-corrected chi connectivity index (χ2v) is 4.39. The van der Waals surface area contributed by atoms with E-state index in [1.54, 1.807) is 30.3 Å². The van der Waals surface area contributed by atoms with Crippen LogP contribution in [0.15, 0.2) is 36.4 Å². The minimum atomic E-state index is 0.401. The zero-order chi connectivity index (χ0) is 12.4. The average molecular weight is 266 g/mol. The SMILES string of the molecule is Nc1cc(Cl)c(Cl)c(-c2cccc(C=O)c2)c1. The summed E-state index contributed by atoms with van der Waals surface area (Å²) in [5.41, 5.74) is 8.37. The molecule has 0 aliphatic heterocycles. The van der Waals surface area contributed by atoms with Gasteiger partial charge in [-0.25, -0.2) is 0 Å². The second kappa shape index (κ2) is 4.78. The first kappa shape index (κ1) is 12.0. The van der Waals surface area contributed by atoms with Crippen LogP contribution in [0.25, 0.3) is 11.1 Å². The molecular formula is C13H9Cl2NO. The maximum Gasteiger partial charge on any atom is 0.150 e. The first-order valence-electron chi connectivity index (χ1n) is 4.92. The van der Waals surface area contributed by atoms with Gasteiger partial charge in [0.25, 0.3) is 0 Å². The van der Waals surface area contributed by atoms with E-state index in [0.29, 0.717) is 21.3 Å². The molecule has 0 spiro atoms. The molecule has 17 heavy (non-hydrogen) atoms. The molecular weight excluding hydrogens is 257 g/mol. The van der Waals surface area contributed by atoms with Crippen LogP contribution >= 0.6 is 23.2 Å². The summed E-state index contributed by atoms with van der Waals surface area (Å²) in [7, 11) is 0. The Morgan fingerprint density at radius 1 is 1.12 bits per heavy atom. The summed E-state index contributed by atoms with van der Waals surface area (Å²) in [4.78, 5) is 10.7. The topological polar surface area (TPSA) is 43.1 Å². The third kappa shape index (κ3) is 2.43. The van der Waals surface area contributed by atoms with Gasteiger partial charge in [0.2, 0.25) is 0 Å². The van der Waals surface area contributed by atoms with Gasteiger partial charge in [0.1, 0.15) is 6.29 Å². The molecule has 2 aromatic rings. The lowest BCUT2D eigenvalue weighted by molar-refractivity contribution is 0.112. The van der Waals surface area contributed by atoms with Gasteiger partial charge in [0, 0.05) is 16.8 Å². The van der Waals surface area contributed by atoms with E-state index in [2.05, 4.69) is 0 Å². The molecule has 0 aromatic heterocycles. The zero-order valence-electron chi connectivity index (χ0n) is 8.78. The molecule has 0 aliphatic rings. The Hall–Kier alpha value is -1.51. The number of benzene rings is 2. The Kier molecular flexibility index (Phi) is 3.36. The van der Waals surface area contributed by atoms with E-state index in [9.17, 15) is 4.79 Å². The second-order valence-electron chi connectivity index (χ2n) is 3.61. The number of carbonyl (C=O) groups is 1. The van der Waals surface area contributed by atoms with Crippen LogP contribution in [-0.4, -0.2) is 6.29 Å². The number of halogens is 2. The van der Waals surface area contributed by atoms with Gasteiger partial charge in [-0.2, -0.15) is 0 Å². The summed E-state index contributed by atoms with van der Waals surface area (Å²) in [6, 6.07) is 10.4. The molecule has 0 radical (unpaired) electrons. The highest BCUT2D eigenvalue weighted by atomic mass is 35.5. The van der Waals surface area contributed by atoms with Crippen LogP contribution in [0.5, 0.6) is 0 Å². The summed E-state index contributed by atoms with van der Waals surface area (Å²) < 4.78 is 0. The van der Waals surface area contributed by atoms with E-state index in [4.69, 9.17) is 28.9 Å². The number of hydrogen-bond acceptors (Lipinski definition) is 2. The smallest absolute Gasteiger partial charge is 0.150 e. The number of hydrogen-bond donors (Lipinski definition) is 1. The molecule has 0 atom stereocenters. The molecule has 0 heterocycles. The van der Waals surface area contributed by atoms with Crippen molar-refractivity contribution < 1.29 is 4.79 Å². The molecule has 0 fully saturated rings. The number of rotatable bonds is 2. The maximum atomic E-state index is 10.7. The number of aldehydes is 1. The van der Waals surface area contributed by atoms with Gasteiger partial charge < -0.3 is 5.73 Å². The summed E-state index contributed by atoms with van der Waals surface area (Å²) >= 11 is 12.1. The molecule has 4 heteroatoms. The van der Waals surface area contributed by atoms with Gasteiger partial charge in [-0.05, 0) is 23.8 Å². The minimum absolute atomic E-state index is 0.401. The zero-order valence-corrected chi connectivity index (χ0v) is 10.3. The van der Waals surface area contributed by atoms with E-state index in [0.717, 1.165) is 17.4 Å². The van der Waals surface area contributed by atoms with Gasteiger partial charge in [-0.3, -0.25) is 4.79 Å². The fraction of sp³-hybridized carbons (Fsp3) is 0. The van der Waals surface area contributed by atoms with Crippen molar-refractivity contribution >= 4 is 35.2 Å². The average Bonchev–Trinajstić information content (AvgIpc) is 2.34. The fourth-order valence-corrected chi connectivity index (χ4v) is 2.05. The largest absolute Gasteiger partial charge is 0.399 e. The van der Waals surface area contributed by atoms with Crippen LogP contribution in [0.4, 0.5) is 5.69 Å². The molecule has 86 valence electrons. The van der Waals surface area contributed by atoms with E-state index >= 15 is 0 Å². The summed E-state index contributed by atoms with van der Waals surface area (Å²) in [6.07, 6.45) is 0.783. The quantitative estimate of drug-likeness (QED) is 0.658. The van der Waals surface area contributed by atoms with E-state index in [-0.39, 0.29) is 0 Å². The van der Waals surface area contributed by atoms with Gasteiger partial charge in [-0.1, -0.05) is 41.4 Å². The van der Waals surface area contributed by atoms with Gasteiger partial charge in [-0.15, -0.1) is 0 Å². The minimum Gasteiger partial charge on any atom is -0.399 e. The van der Waals surface area contributed by atoms with Crippen molar-refractivity contribution in [3.05, 3.63) is 52.0 Å². The van der Waals surface area contributed by atoms with Crippen molar-refractivity contribution in [3.63, 3.8) is 0 Å². The van der Waals surface area contributed by atoms with Crippen LogP contribution in [0, 0.1) is 0 Å². The van der Waals surface area contributed by atoms with Crippen LogP contribution in [-0.2, 0) is 0 Å². The van der Waals surface area contributed by atoms with Crippen LogP contribution in [0.3, 0.4) is 0 Å². The van der Waals surface area contributed by atoms with E-state index < -0.39 is 0 Å². The molecule has 0 saturated carbocycles. The summed E-state index contributed by atoms with van der Waals surface area (Å²) in [5.74, 6) is 0. The van der Waals surface area contributed by atoms with Gasteiger partial charge in [0.05, 0.1) is 10.0 Å². The normalized spacial score (nSPS) is 10.2. The number of nitrogens with two attached hydrogens (primary N) is 1. The Morgan fingerprint density at radius 2 is 1.88 bits per heavy atom.